The highest BCUT2D eigenvalue weighted by molar-refractivity contribution is 5.83. The number of carbonyl (C=O) groups excluding carboxylic acids is 1. The van der Waals surface area contributed by atoms with Crippen LogP contribution in [0.25, 0.3) is 0 Å². The van der Waals surface area contributed by atoms with Gasteiger partial charge in [-0.1, -0.05) is 6.92 Å². The number of rotatable bonds is 4. The Morgan fingerprint density at radius 3 is 2.43 bits per heavy atom. The number of hydrogen-bond donors (Lipinski definition) is 0. The highest BCUT2D eigenvalue weighted by Crippen LogP contribution is 2.65. The van der Waals surface area contributed by atoms with Crippen molar-refractivity contribution in [1.29, 1.82) is 5.26 Å². The van der Waals surface area contributed by atoms with E-state index in [1.807, 2.05) is 18.7 Å². The molecule has 1 amide bonds. The molecule has 4 aliphatic carbocycles. The smallest absolute Gasteiger partial charge is 0.228 e. The Labute approximate surface area is 128 Å². The Bertz CT molecular complexity index is 464. The first-order valence-corrected chi connectivity index (χ1v) is 8.59. The van der Waals surface area contributed by atoms with E-state index in [9.17, 15) is 4.79 Å². The number of nitriles is 1. The van der Waals surface area contributed by atoms with Gasteiger partial charge < -0.3 is 4.90 Å². The molecule has 116 valence electrons. The molecule has 0 aromatic rings. The number of amides is 1. The van der Waals surface area contributed by atoms with Gasteiger partial charge in [0.15, 0.2) is 0 Å². The third kappa shape index (κ3) is 2.47. The van der Waals surface area contributed by atoms with E-state index >= 15 is 0 Å². The van der Waals surface area contributed by atoms with Crippen molar-refractivity contribution in [3.8, 4) is 6.07 Å². The second kappa shape index (κ2) is 5.00. The Kier molecular flexibility index (Phi) is 3.55. The number of hydrogen-bond acceptors (Lipinski definition) is 2. The molecule has 21 heavy (non-hydrogen) atoms. The van der Waals surface area contributed by atoms with E-state index in [0.717, 1.165) is 37.6 Å². The zero-order valence-corrected chi connectivity index (χ0v) is 13.7. The molecule has 3 nitrogen and oxygen atoms in total. The molecule has 3 atom stereocenters. The lowest BCUT2D eigenvalue weighted by atomic mass is 9.44. The van der Waals surface area contributed by atoms with E-state index in [1.54, 1.807) is 0 Å². The molecule has 4 rings (SSSR count). The van der Waals surface area contributed by atoms with Crippen molar-refractivity contribution in [1.82, 2.24) is 4.90 Å². The molecule has 0 aromatic heterocycles. The Morgan fingerprint density at radius 1 is 1.33 bits per heavy atom. The van der Waals surface area contributed by atoms with Crippen molar-refractivity contribution in [2.45, 2.75) is 59.3 Å². The van der Waals surface area contributed by atoms with Gasteiger partial charge in [0.2, 0.25) is 5.91 Å². The number of nitrogens with zero attached hydrogens (tertiary/aromatic N) is 2. The lowest BCUT2D eigenvalue weighted by Crippen LogP contribution is -2.57. The summed E-state index contributed by atoms with van der Waals surface area (Å²) in [4.78, 5) is 15.2. The summed E-state index contributed by atoms with van der Waals surface area (Å²) in [5, 5.41) is 9.05. The van der Waals surface area contributed by atoms with Crippen LogP contribution in [-0.2, 0) is 4.79 Å². The van der Waals surface area contributed by atoms with Crippen molar-refractivity contribution < 1.29 is 4.79 Å². The lowest BCUT2D eigenvalue weighted by molar-refractivity contribution is -0.166. The maximum absolute atomic E-state index is 13.2. The minimum Gasteiger partial charge on any atom is -0.341 e. The Morgan fingerprint density at radius 2 is 1.95 bits per heavy atom. The first-order chi connectivity index (χ1) is 9.89. The molecule has 0 spiro atoms. The topological polar surface area (TPSA) is 44.1 Å². The van der Waals surface area contributed by atoms with E-state index in [2.05, 4.69) is 13.0 Å². The molecule has 3 unspecified atom stereocenters. The molecule has 0 aliphatic heterocycles. The van der Waals surface area contributed by atoms with Crippen LogP contribution >= 0.6 is 0 Å². The van der Waals surface area contributed by atoms with Crippen LogP contribution in [0.15, 0.2) is 0 Å². The highest BCUT2D eigenvalue weighted by Gasteiger charge is 2.59. The monoisotopic (exact) mass is 288 g/mol. The summed E-state index contributed by atoms with van der Waals surface area (Å²) in [5.41, 5.74) is 0.310. The SMILES string of the molecule is CCN(CC(C)C#N)C(=O)C12CC3CC(CC(C)(C3)C1)C2. The van der Waals surface area contributed by atoms with Crippen LogP contribution in [0.5, 0.6) is 0 Å². The fourth-order valence-corrected chi connectivity index (χ4v) is 6.03. The Hall–Kier alpha value is -1.04. The minimum absolute atomic E-state index is 0.0709. The van der Waals surface area contributed by atoms with Gasteiger partial charge in [0.05, 0.1) is 17.4 Å². The van der Waals surface area contributed by atoms with Crippen molar-refractivity contribution in [2.75, 3.05) is 13.1 Å². The van der Waals surface area contributed by atoms with Crippen molar-refractivity contribution in [3.05, 3.63) is 0 Å². The third-order valence-electron chi connectivity index (χ3n) is 6.19. The normalized spacial score (nSPS) is 41.6. The third-order valence-corrected chi connectivity index (χ3v) is 6.19. The summed E-state index contributed by atoms with van der Waals surface area (Å²) in [7, 11) is 0. The molecule has 0 radical (unpaired) electrons. The lowest BCUT2D eigenvalue weighted by Gasteiger charge is -2.61. The van der Waals surface area contributed by atoms with E-state index in [4.69, 9.17) is 5.26 Å². The van der Waals surface area contributed by atoms with Crippen LogP contribution in [0.3, 0.4) is 0 Å². The van der Waals surface area contributed by atoms with Gasteiger partial charge in [0, 0.05) is 13.1 Å². The molecule has 4 saturated carbocycles. The number of carbonyl (C=O) groups is 1. The van der Waals surface area contributed by atoms with Crippen molar-refractivity contribution in [3.63, 3.8) is 0 Å². The molecule has 0 saturated heterocycles. The van der Waals surface area contributed by atoms with Crippen molar-refractivity contribution >= 4 is 5.91 Å². The van der Waals surface area contributed by atoms with Gasteiger partial charge in [-0.15, -0.1) is 0 Å². The largest absolute Gasteiger partial charge is 0.341 e. The molecular weight excluding hydrogens is 260 g/mol. The molecular formula is C18H28N2O. The average molecular weight is 288 g/mol. The zero-order chi connectivity index (χ0) is 15.3. The molecule has 4 bridgehead atoms. The quantitative estimate of drug-likeness (QED) is 0.793. The average Bonchev–Trinajstić information content (AvgIpc) is 2.41. The minimum atomic E-state index is -0.0932. The van der Waals surface area contributed by atoms with Gasteiger partial charge in [-0.2, -0.15) is 5.26 Å². The van der Waals surface area contributed by atoms with Gasteiger partial charge in [0.25, 0.3) is 0 Å². The van der Waals surface area contributed by atoms with E-state index in [1.165, 1.54) is 19.3 Å². The molecule has 4 fully saturated rings. The summed E-state index contributed by atoms with van der Waals surface area (Å²) in [6, 6.07) is 2.27. The van der Waals surface area contributed by atoms with Crippen LogP contribution in [0.4, 0.5) is 0 Å². The molecule has 0 aromatic carbocycles. The summed E-state index contributed by atoms with van der Waals surface area (Å²) >= 11 is 0. The van der Waals surface area contributed by atoms with Crippen LogP contribution in [0.2, 0.25) is 0 Å². The zero-order valence-electron chi connectivity index (χ0n) is 13.7. The van der Waals surface area contributed by atoms with Gasteiger partial charge in [-0.25, -0.2) is 0 Å². The predicted octanol–water partition coefficient (Wildman–Crippen LogP) is 3.60. The summed E-state index contributed by atoms with van der Waals surface area (Å²) in [6.45, 7) is 7.69. The standard InChI is InChI=1S/C18H28N2O/c1-4-20(11-13(2)10-19)16(21)18-8-14-5-15(9-18)7-17(3,6-14)12-18/h13-15H,4-9,11-12H2,1-3H3. The Balaban J connectivity index is 1.82. The molecule has 0 heterocycles. The summed E-state index contributed by atoms with van der Waals surface area (Å²) in [5.74, 6) is 1.82. The first-order valence-electron chi connectivity index (χ1n) is 8.59. The first kappa shape index (κ1) is 14.9. The van der Waals surface area contributed by atoms with Crippen molar-refractivity contribution in [2.24, 2.45) is 28.6 Å². The van der Waals surface area contributed by atoms with E-state index in [0.29, 0.717) is 17.9 Å². The molecule has 4 aliphatic rings. The maximum Gasteiger partial charge on any atom is 0.228 e. The fraction of sp³-hybridized carbons (Fsp3) is 0.889. The second-order valence-corrected chi connectivity index (χ2v) is 8.43. The van der Waals surface area contributed by atoms with Gasteiger partial charge in [-0.3, -0.25) is 4.79 Å². The fourth-order valence-electron chi connectivity index (χ4n) is 6.03. The van der Waals surface area contributed by atoms with E-state index in [-0.39, 0.29) is 11.3 Å². The second-order valence-electron chi connectivity index (χ2n) is 8.43. The van der Waals surface area contributed by atoms with Crippen LogP contribution in [0, 0.1) is 39.9 Å². The van der Waals surface area contributed by atoms with Crippen LogP contribution in [-0.4, -0.2) is 23.9 Å². The van der Waals surface area contributed by atoms with Crippen LogP contribution in [0.1, 0.15) is 59.3 Å². The van der Waals surface area contributed by atoms with Gasteiger partial charge in [0.1, 0.15) is 0 Å². The van der Waals surface area contributed by atoms with Crippen LogP contribution < -0.4 is 0 Å². The maximum atomic E-state index is 13.2. The summed E-state index contributed by atoms with van der Waals surface area (Å²) in [6.07, 6.45) is 7.32. The van der Waals surface area contributed by atoms with Gasteiger partial charge in [-0.05, 0) is 69.6 Å². The van der Waals surface area contributed by atoms with Gasteiger partial charge >= 0.3 is 0 Å². The highest BCUT2D eigenvalue weighted by atomic mass is 16.2. The summed E-state index contributed by atoms with van der Waals surface area (Å²) < 4.78 is 0. The molecule has 3 heteroatoms. The predicted molar refractivity (Wildman–Crippen MR) is 82.3 cm³/mol. The molecule has 0 N–H and O–H groups in total. The van der Waals surface area contributed by atoms with E-state index < -0.39 is 0 Å².